The van der Waals surface area contributed by atoms with Gasteiger partial charge in [-0.3, -0.25) is 4.79 Å². The highest BCUT2D eigenvalue weighted by Gasteiger charge is 2.26. The van der Waals surface area contributed by atoms with E-state index in [4.69, 9.17) is 11.2 Å². The van der Waals surface area contributed by atoms with E-state index >= 15 is 0 Å². The van der Waals surface area contributed by atoms with Gasteiger partial charge in [-0.15, -0.1) is 6.42 Å². The zero-order valence-electron chi connectivity index (χ0n) is 12.0. The first-order valence-electron chi connectivity index (χ1n) is 7.09. The van der Waals surface area contributed by atoms with Crippen LogP contribution in [0.5, 0.6) is 5.75 Å². The molecule has 2 rings (SSSR count). The summed E-state index contributed by atoms with van der Waals surface area (Å²) in [5.41, 5.74) is 1.15. The fourth-order valence-corrected chi connectivity index (χ4v) is 2.10. The molecule has 3 nitrogen and oxygen atoms in total. The van der Waals surface area contributed by atoms with Crippen molar-refractivity contribution in [1.29, 1.82) is 0 Å². The van der Waals surface area contributed by atoms with Gasteiger partial charge in [-0.2, -0.15) is 0 Å². The van der Waals surface area contributed by atoms with Crippen molar-refractivity contribution in [2.24, 2.45) is 5.92 Å². The third-order valence-electron chi connectivity index (χ3n) is 3.38. The van der Waals surface area contributed by atoms with Crippen molar-refractivity contribution in [2.75, 3.05) is 19.7 Å². The molecule has 0 saturated heterocycles. The minimum Gasteiger partial charge on any atom is -0.493 e. The highest BCUT2D eigenvalue weighted by Crippen LogP contribution is 2.29. The number of ether oxygens (including phenoxy) is 1. The standard InChI is InChI=1S/C17H21NO2/c1-3-10-18(13-15-7-8-15)17(19)9-11-20-16-6-4-5-14(2)12-16/h1,4-6,12,15H,7-11,13H2,2H3. The van der Waals surface area contributed by atoms with Gasteiger partial charge in [-0.1, -0.05) is 18.1 Å². The average molecular weight is 271 g/mol. The minimum atomic E-state index is 0.0857. The van der Waals surface area contributed by atoms with Gasteiger partial charge in [0.25, 0.3) is 0 Å². The highest BCUT2D eigenvalue weighted by molar-refractivity contribution is 5.76. The van der Waals surface area contributed by atoms with Gasteiger partial charge < -0.3 is 9.64 Å². The molecule has 1 aliphatic carbocycles. The maximum atomic E-state index is 12.1. The lowest BCUT2D eigenvalue weighted by Gasteiger charge is -2.20. The SMILES string of the molecule is C#CCN(CC1CC1)C(=O)CCOc1cccc(C)c1. The van der Waals surface area contributed by atoms with E-state index in [-0.39, 0.29) is 5.91 Å². The quantitative estimate of drug-likeness (QED) is 0.713. The van der Waals surface area contributed by atoms with Crippen LogP contribution in [0, 0.1) is 25.2 Å². The van der Waals surface area contributed by atoms with Crippen molar-refractivity contribution in [3.63, 3.8) is 0 Å². The molecular formula is C17H21NO2. The Morgan fingerprint density at radius 1 is 1.50 bits per heavy atom. The number of benzene rings is 1. The molecule has 1 aromatic rings. The van der Waals surface area contributed by atoms with E-state index in [0.29, 0.717) is 25.5 Å². The van der Waals surface area contributed by atoms with Crippen molar-refractivity contribution in [2.45, 2.75) is 26.2 Å². The third kappa shape index (κ3) is 4.62. The summed E-state index contributed by atoms with van der Waals surface area (Å²) in [6.45, 7) is 3.61. The van der Waals surface area contributed by atoms with Crippen LogP contribution >= 0.6 is 0 Å². The molecule has 0 atom stereocenters. The molecule has 0 heterocycles. The Bertz CT molecular complexity index is 500. The molecular weight excluding hydrogens is 250 g/mol. The summed E-state index contributed by atoms with van der Waals surface area (Å²) in [4.78, 5) is 13.9. The summed E-state index contributed by atoms with van der Waals surface area (Å²) in [7, 11) is 0. The van der Waals surface area contributed by atoms with Crippen molar-refractivity contribution in [1.82, 2.24) is 4.90 Å². The van der Waals surface area contributed by atoms with Crippen molar-refractivity contribution < 1.29 is 9.53 Å². The third-order valence-corrected chi connectivity index (χ3v) is 3.38. The molecule has 0 N–H and O–H groups in total. The first kappa shape index (κ1) is 14.5. The molecule has 0 aliphatic heterocycles. The molecule has 0 unspecified atom stereocenters. The molecule has 106 valence electrons. The van der Waals surface area contributed by atoms with Gasteiger partial charge in [0.15, 0.2) is 0 Å². The predicted octanol–water partition coefficient (Wildman–Crippen LogP) is 2.64. The molecule has 1 fully saturated rings. The van der Waals surface area contributed by atoms with Gasteiger partial charge >= 0.3 is 0 Å². The highest BCUT2D eigenvalue weighted by atomic mass is 16.5. The summed E-state index contributed by atoms with van der Waals surface area (Å²) in [6, 6.07) is 7.83. The van der Waals surface area contributed by atoms with E-state index in [0.717, 1.165) is 17.9 Å². The van der Waals surface area contributed by atoms with Gasteiger partial charge in [0.05, 0.1) is 19.6 Å². The van der Waals surface area contributed by atoms with E-state index in [2.05, 4.69) is 5.92 Å². The van der Waals surface area contributed by atoms with E-state index in [1.165, 1.54) is 12.8 Å². The maximum Gasteiger partial charge on any atom is 0.226 e. The van der Waals surface area contributed by atoms with E-state index < -0.39 is 0 Å². The summed E-state index contributed by atoms with van der Waals surface area (Å²) < 4.78 is 5.61. The number of rotatable bonds is 7. The van der Waals surface area contributed by atoms with E-state index in [1.807, 2.05) is 31.2 Å². The van der Waals surface area contributed by atoms with Crippen LogP contribution in [0.2, 0.25) is 0 Å². The molecule has 1 saturated carbocycles. The molecule has 1 amide bonds. The molecule has 0 radical (unpaired) electrons. The number of amides is 1. The molecule has 1 aliphatic rings. The predicted molar refractivity (Wildman–Crippen MR) is 79.4 cm³/mol. The minimum absolute atomic E-state index is 0.0857. The normalized spacial score (nSPS) is 13.6. The van der Waals surface area contributed by atoms with Gasteiger partial charge in [-0.25, -0.2) is 0 Å². The van der Waals surface area contributed by atoms with Crippen LogP contribution in [0.15, 0.2) is 24.3 Å². The zero-order valence-corrected chi connectivity index (χ0v) is 12.0. The maximum absolute atomic E-state index is 12.1. The van der Waals surface area contributed by atoms with Gasteiger partial charge in [-0.05, 0) is 43.4 Å². The molecule has 3 heteroatoms. The van der Waals surface area contributed by atoms with Crippen molar-refractivity contribution >= 4 is 5.91 Å². The summed E-state index contributed by atoms with van der Waals surface area (Å²) in [5.74, 6) is 4.11. The Morgan fingerprint density at radius 2 is 2.30 bits per heavy atom. The van der Waals surface area contributed by atoms with Gasteiger partial charge in [0.1, 0.15) is 5.75 Å². The van der Waals surface area contributed by atoms with Crippen molar-refractivity contribution in [3.05, 3.63) is 29.8 Å². The Kier molecular flexibility index (Phi) is 5.06. The molecule has 20 heavy (non-hydrogen) atoms. The first-order chi connectivity index (χ1) is 9.69. The summed E-state index contributed by atoms with van der Waals surface area (Å²) in [6.07, 6.45) is 8.13. The summed E-state index contributed by atoms with van der Waals surface area (Å²) >= 11 is 0. The lowest BCUT2D eigenvalue weighted by Crippen LogP contribution is -2.34. The van der Waals surface area contributed by atoms with Crippen LogP contribution in [0.3, 0.4) is 0 Å². The Labute approximate surface area is 120 Å². The van der Waals surface area contributed by atoms with Crippen LogP contribution < -0.4 is 4.74 Å². The van der Waals surface area contributed by atoms with Crippen LogP contribution in [0.25, 0.3) is 0 Å². The number of carbonyl (C=O) groups is 1. The number of hydrogen-bond acceptors (Lipinski definition) is 2. The van der Waals surface area contributed by atoms with Crippen LogP contribution in [-0.2, 0) is 4.79 Å². The fraction of sp³-hybridized carbons (Fsp3) is 0.471. The second-order valence-electron chi connectivity index (χ2n) is 5.34. The van der Waals surface area contributed by atoms with E-state index in [9.17, 15) is 4.79 Å². The monoisotopic (exact) mass is 271 g/mol. The molecule has 0 spiro atoms. The number of carbonyl (C=O) groups excluding carboxylic acids is 1. The summed E-state index contributed by atoms with van der Waals surface area (Å²) in [5, 5.41) is 0. The smallest absolute Gasteiger partial charge is 0.226 e. The van der Waals surface area contributed by atoms with Crippen LogP contribution in [-0.4, -0.2) is 30.5 Å². The number of nitrogens with zero attached hydrogens (tertiary/aromatic N) is 1. The Morgan fingerprint density at radius 3 is 2.95 bits per heavy atom. The van der Waals surface area contributed by atoms with Crippen molar-refractivity contribution in [3.8, 4) is 18.1 Å². The average Bonchev–Trinajstić information content (AvgIpc) is 3.22. The largest absolute Gasteiger partial charge is 0.493 e. The van der Waals surface area contributed by atoms with Crippen LogP contribution in [0.1, 0.15) is 24.8 Å². The van der Waals surface area contributed by atoms with Crippen LogP contribution in [0.4, 0.5) is 0 Å². The fourth-order valence-electron chi connectivity index (χ4n) is 2.10. The number of aryl methyl sites for hydroxylation is 1. The molecule has 0 aromatic heterocycles. The van der Waals surface area contributed by atoms with Gasteiger partial charge in [0, 0.05) is 6.54 Å². The second kappa shape index (κ2) is 7.00. The van der Waals surface area contributed by atoms with E-state index in [1.54, 1.807) is 4.90 Å². The second-order valence-corrected chi connectivity index (χ2v) is 5.34. The lowest BCUT2D eigenvalue weighted by atomic mass is 10.2. The molecule has 0 bridgehead atoms. The topological polar surface area (TPSA) is 29.5 Å². The lowest BCUT2D eigenvalue weighted by molar-refractivity contribution is -0.131. The number of terminal acetylenes is 1. The number of hydrogen-bond donors (Lipinski definition) is 0. The molecule has 1 aromatic carbocycles. The first-order valence-corrected chi connectivity index (χ1v) is 7.09. The Balaban J connectivity index is 1.76. The zero-order chi connectivity index (χ0) is 14.4. The van der Waals surface area contributed by atoms with Gasteiger partial charge in [0.2, 0.25) is 5.91 Å². The Hall–Kier alpha value is -1.95.